The van der Waals surface area contributed by atoms with Crippen molar-refractivity contribution in [3.63, 3.8) is 0 Å². The van der Waals surface area contributed by atoms with Crippen LogP contribution in [0.3, 0.4) is 0 Å². The van der Waals surface area contributed by atoms with Crippen LogP contribution >= 0.6 is 15.9 Å². The van der Waals surface area contributed by atoms with Gasteiger partial charge in [0.05, 0.1) is 0 Å². The van der Waals surface area contributed by atoms with Gasteiger partial charge in [0.25, 0.3) is 0 Å². The monoisotopic (exact) mass is 290 g/mol. The topological polar surface area (TPSA) is 77.8 Å². The van der Waals surface area contributed by atoms with E-state index in [4.69, 9.17) is 17.9 Å². The van der Waals surface area contributed by atoms with Gasteiger partial charge >= 0.3 is 0 Å². The first kappa shape index (κ1) is 13.0. The summed E-state index contributed by atoms with van der Waals surface area (Å²) in [5, 5.41) is 0. The first-order chi connectivity index (χ1) is 8.11. The summed E-state index contributed by atoms with van der Waals surface area (Å²) in [5.74, 6) is 3.38. The third kappa shape index (κ3) is 5.00. The maximum atomic E-state index is 5.33. The number of nitrogens with two attached hydrogens (primary N) is 2. The number of rotatable bonds is 0. The molecule has 0 fully saturated rings. The fraction of sp³-hybridized carbons (Fsp3) is 0. The average Bonchev–Trinajstić information content (AvgIpc) is 2.29. The molecule has 4 N–H and O–H groups in total. The molecule has 2 heterocycles. The van der Waals surface area contributed by atoms with Crippen molar-refractivity contribution in [1.82, 2.24) is 9.97 Å². The van der Waals surface area contributed by atoms with E-state index in [2.05, 4.69) is 31.8 Å². The predicted molar refractivity (Wildman–Crippen MR) is 72.9 cm³/mol. The van der Waals surface area contributed by atoms with Gasteiger partial charge < -0.3 is 11.5 Å². The zero-order chi connectivity index (χ0) is 12.7. The molecule has 4 nitrogen and oxygen atoms in total. The molecule has 0 radical (unpaired) electrons. The average molecular weight is 291 g/mol. The van der Waals surface area contributed by atoms with Gasteiger partial charge in [-0.05, 0) is 40.2 Å². The van der Waals surface area contributed by atoms with E-state index in [1.165, 1.54) is 0 Å². The summed E-state index contributed by atoms with van der Waals surface area (Å²) in [6, 6.07) is 10.6. The fourth-order valence-corrected chi connectivity index (χ4v) is 1.31. The minimum absolute atomic E-state index is 0.463. The highest BCUT2D eigenvalue weighted by molar-refractivity contribution is 9.10. The lowest BCUT2D eigenvalue weighted by molar-refractivity contribution is 1.29. The van der Waals surface area contributed by atoms with Crippen LogP contribution in [-0.2, 0) is 0 Å². The number of hydrogen-bond donors (Lipinski definition) is 2. The number of pyridine rings is 2. The number of anilines is 2. The van der Waals surface area contributed by atoms with Crippen LogP contribution in [0.5, 0.6) is 0 Å². The number of nitrogen functional groups attached to an aromatic ring is 2. The van der Waals surface area contributed by atoms with Crippen LogP contribution < -0.4 is 11.5 Å². The molecule has 2 aromatic heterocycles. The van der Waals surface area contributed by atoms with Crippen LogP contribution in [-0.4, -0.2) is 9.97 Å². The van der Waals surface area contributed by atoms with Crippen molar-refractivity contribution in [3.05, 3.63) is 46.7 Å². The highest BCUT2D eigenvalue weighted by atomic mass is 79.9. The quantitative estimate of drug-likeness (QED) is 0.575. The van der Waals surface area contributed by atoms with Crippen molar-refractivity contribution < 1.29 is 0 Å². The normalized spacial score (nSPS) is 8.71. The Balaban J connectivity index is 0.000000171. The molecule has 0 aliphatic heterocycles. The van der Waals surface area contributed by atoms with Gasteiger partial charge in [-0.2, -0.15) is 0 Å². The lowest BCUT2D eigenvalue weighted by atomic mass is 10.3. The Kier molecular flexibility index (Phi) is 4.98. The number of halogens is 1. The SMILES string of the molecule is C#Cc1cccc(N)n1.Nc1cccc(Br)n1. The molecule has 2 aromatic rings. The number of aromatic nitrogens is 2. The Morgan fingerprint density at radius 2 is 1.59 bits per heavy atom. The van der Waals surface area contributed by atoms with E-state index in [1.54, 1.807) is 24.3 Å². The molecule has 0 saturated heterocycles. The van der Waals surface area contributed by atoms with Gasteiger partial charge in [-0.25, -0.2) is 9.97 Å². The Morgan fingerprint density at radius 1 is 1.00 bits per heavy atom. The first-order valence-electron chi connectivity index (χ1n) is 4.69. The molecule has 86 valence electrons. The third-order valence-electron chi connectivity index (χ3n) is 1.66. The lowest BCUT2D eigenvalue weighted by Gasteiger charge is -1.89. The van der Waals surface area contributed by atoms with Crippen LogP contribution in [0.2, 0.25) is 0 Å². The van der Waals surface area contributed by atoms with E-state index in [0.717, 1.165) is 4.60 Å². The molecule has 2 rings (SSSR count). The smallest absolute Gasteiger partial charge is 0.124 e. The molecule has 0 amide bonds. The number of terminal acetylenes is 1. The largest absolute Gasteiger partial charge is 0.384 e. The standard InChI is InChI=1S/C7H6N2.C5H5BrN2/c1-2-6-4-3-5-7(8)9-6;6-4-2-1-3-5(7)8-4/h1,3-5H,(H2,8,9);1-3H,(H2,7,8). The Morgan fingerprint density at radius 3 is 1.94 bits per heavy atom. The summed E-state index contributed by atoms with van der Waals surface area (Å²) in [6.45, 7) is 0. The summed E-state index contributed by atoms with van der Waals surface area (Å²) < 4.78 is 0.775. The van der Waals surface area contributed by atoms with Crippen LogP contribution in [0.1, 0.15) is 5.69 Å². The van der Waals surface area contributed by atoms with E-state index in [1.807, 2.05) is 12.1 Å². The van der Waals surface area contributed by atoms with Crippen molar-refractivity contribution in [2.24, 2.45) is 0 Å². The highest BCUT2D eigenvalue weighted by Gasteiger charge is 1.86. The summed E-state index contributed by atoms with van der Waals surface area (Å²) in [7, 11) is 0. The van der Waals surface area contributed by atoms with Crippen molar-refractivity contribution in [2.45, 2.75) is 0 Å². The summed E-state index contributed by atoms with van der Waals surface area (Å²) in [4.78, 5) is 7.70. The highest BCUT2D eigenvalue weighted by Crippen LogP contribution is 2.05. The second-order valence-electron chi connectivity index (χ2n) is 2.98. The van der Waals surface area contributed by atoms with Gasteiger partial charge in [0.15, 0.2) is 0 Å². The molecule has 0 unspecified atom stereocenters. The molecule has 0 atom stereocenters. The maximum Gasteiger partial charge on any atom is 0.124 e. The molecular formula is C12H11BrN4. The van der Waals surface area contributed by atoms with Crippen molar-refractivity contribution in [2.75, 3.05) is 11.5 Å². The Labute approximate surface area is 108 Å². The minimum atomic E-state index is 0.463. The Hall–Kier alpha value is -2.06. The van der Waals surface area contributed by atoms with E-state index in [0.29, 0.717) is 17.3 Å². The minimum Gasteiger partial charge on any atom is -0.384 e. The second-order valence-corrected chi connectivity index (χ2v) is 3.79. The van der Waals surface area contributed by atoms with Gasteiger partial charge in [0.2, 0.25) is 0 Å². The molecule has 0 aliphatic carbocycles. The van der Waals surface area contributed by atoms with E-state index in [-0.39, 0.29) is 0 Å². The van der Waals surface area contributed by atoms with Crippen LogP contribution in [0.15, 0.2) is 41.0 Å². The molecule has 0 spiro atoms. The zero-order valence-electron chi connectivity index (χ0n) is 8.97. The van der Waals surface area contributed by atoms with Crippen LogP contribution in [0, 0.1) is 12.3 Å². The van der Waals surface area contributed by atoms with Gasteiger partial charge in [-0.3, -0.25) is 0 Å². The van der Waals surface area contributed by atoms with Crippen LogP contribution in [0.4, 0.5) is 11.6 Å². The van der Waals surface area contributed by atoms with E-state index >= 15 is 0 Å². The predicted octanol–water partition coefficient (Wildman–Crippen LogP) is 2.07. The number of hydrogen-bond acceptors (Lipinski definition) is 4. The molecule has 0 aromatic carbocycles. The van der Waals surface area contributed by atoms with Crippen molar-refractivity contribution >= 4 is 27.6 Å². The van der Waals surface area contributed by atoms with Gasteiger partial charge in [-0.15, -0.1) is 6.42 Å². The van der Waals surface area contributed by atoms with Gasteiger partial charge in [-0.1, -0.05) is 18.1 Å². The molecule has 17 heavy (non-hydrogen) atoms. The van der Waals surface area contributed by atoms with Gasteiger partial charge in [0.1, 0.15) is 21.9 Å². The zero-order valence-corrected chi connectivity index (χ0v) is 10.6. The van der Waals surface area contributed by atoms with Crippen molar-refractivity contribution in [1.29, 1.82) is 0 Å². The first-order valence-corrected chi connectivity index (χ1v) is 5.48. The third-order valence-corrected chi connectivity index (χ3v) is 2.10. The fourth-order valence-electron chi connectivity index (χ4n) is 0.956. The maximum absolute atomic E-state index is 5.33. The van der Waals surface area contributed by atoms with E-state index in [9.17, 15) is 0 Å². The van der Waals surface area contributed by atoms with Crippen molar-refractivity contribution in [3.8, 4) is 12.3 Å². The van der Waals surface area contributed by atoms with E-state index < -0.39 is 0 Å². The molecular weight excluding hydrogens is 280 g/mol. The second kappa shape index (κ2) is 6.51. The summed E-state index contributed by atoms with van der Waals surface area (Å²) in [6.07, 6.45) is 5.05. The van der Waals surface area contributed by atoms with Crippen LogP contribution in [0.25, 0.3) is 0 Å². The molecule has 0 saturated carbocycles. The van der Waals surface area contributed by atoms with Gasteiger partial charge in [0, 0.05) is 0 Å². The summed E-state index contributed by atoms with van der Waals surface area (Å²) in [5.41, 5.74) is 11.2. The molecule has 5 heteroatoms. The summed E-state index contributed by atoms with van der Waals surface area (Å²) >= 11 is 3.17. The Bertz CT molecular complexity index is 517. The molecule has 0 bridgehead atoms. The lowest BCUT2D eigenvalue weighted by Crippen LogP contribution is -1.90. The number of nitrogens with zero attached hydrogens (tertiary/aromatic N) is 2. The molecule has 0 aliphatic rings.